The number of nitrogens with one attached hydrogen (secondary N) is 3. The number of halogens is 2. The number of aryl methyl sites for hydroxylation is 1. The van der Waals surface area contributed by atoms with Crippen LogP contribution in [0.4, 0.5) is 5.13 Å². The zero-order valence-corrected chi connectivity index (χ0v) is 23.4. The van der Waals surface area contributed by atoms with Crippen LogP contribution in [0.1, 0.15) is 55.8 Å². The molecule has 5 rings (SSSR count). The number of aromatic nitrogens is 2. The van der Waals surface area contributed by atoms with E-state index in [4.69, 9.17) is 23.2 Å². The van der Waals surface area contributed by atoms with E-state index in [1.54, 1.807) is 19.1 Å². The predicted molar refractivity (Wildman–Crippen MR) is 143 cm³/mol. The number of anilines is 1. The number of thiazole rings is 1. The van der Waals surface area contributed by atoms with Crippen LogP contribution < -0.4 is 34.4 Å². The number of carbonyl (C=O) groups excluding carboxylic acids is 2. The number of H-pyrrole nitrogens is 1. The van der Waals surface area contributed by atoms with Crippen molar-refractivity contribution in [2.45, 2.75) is 26.3 Å². The molecule has 2 fully saturated rings. The molecule has 1 saturated heterocycles. The molecular weight excluding hydrogens is 544 g/mol. The van der Waals surface area contributed by atoms with Crippen molar-refractivity contribution in [2.75, 3.05) is 24.5 Å². The summed E-state index contributed by atoms with van der Waals surface area (Å²) in [6, 6.07) is 7.12. The minimum atomic E-state index is -1.01. The summed E-state index contributed by atoms with van der Waals surface area (Å²) in [5.41, 5.74) is 2.83. The quantitative estimate of drug-likeness (QED) is 0.301. The van der Waals surface area contributed by atoms with Gasteiger partial charge < -0.3 is 27.1 Å². The molecule has 0 spiro atoms. The molecule has 0 radical (unpaired) electrons. The molecule has 196 valence electrons. The molecule has 1 saturated carbocycles. The molecule has 1 aromatic carbocycles. The van der Waals surface area contributed by atoms with Crippen molar-refractivity contribution in [2.24, 2.45) is 11.8 Å². The SMILES string of the molecule is CCNC(=O)c1ccc(Cc2nc(N3C[C@@H]4C(NC(=O)c5[nH]c(C)c(Cl)c5Cl)[C@@H]4C3)sc2C(=O)O)cc1.[H-].[Li+]. The maximum atomic E-state index is 12.7. The molecule has 1 unspecified atom stereocenters. The second-order valence-electron chi connectivity index (χ2n) is 9.30. The van der Waals surface area contributed by atoms with E-state index in [1.807, 2.05) is 19.1 Å². The van der Waals surface area contributed by atoms with Gasteiger partial charge in [0.15, 0.2) is 5.13 Å². The summed E-state index contributed by atoms with van der Waals surface area (Å²) >= 11 is 13.4. The fourth-order valence-corrected chi connectivity index (χ4v) is 6.20. The number of aromatic carboxylic acids is 1. The first-order chi connectivity index (χ1) is 17.7. The van der Waals surface area contributed by atoms with Gasteiger partial charge in [-0.3, -0.25) is 9.59 Å². The molecule has 13 heteroatoms. The summed E-state index contributed by atoms with van der Waals surface area (Å²) in [6.45, 7) is 5.52. The van der Waals surface area contributed by atoms with E-state index in [0.717, 1.165) is 5.56 Å². The average molecular weight is 570 g/mol. The third kappa shape index (κ3) is 5.47. The number of fused-ring (bicyclic) bond motifs is 1. The second kappa shape index (κ2) is 11.3. The van der Waals surface area contributed by atoms with Crippen LogP contribution in [-0.2, 0) is 6.42 Å². The van der Waals surface area contributed by atoms with Crippen molar-refractivity contribution in [3.8, 4) is 0 Å². The minimum absolute atomic E-state index is 0. The molecular formula is C25H26Cl2LiN5O4S. The Bertz CT molecular complexity index is 1390. The van der Waals surface area contributed by atoms with Crippen LogP contribution in [-0.4, -0.2) is 58.5 Å². The average Bonchev–Trinajstić information content (AvgIpc) is 3.22. The standard InChI is InChI=1S/C25H25Cl2N5O4S.Li.H/c1-3-28-22(33)13-6-4-12(5-7-13)8-16-21(24(35)36)37-25(30-16)32-9-14-15(10-32)19(14)31-23(34)20-18(27)17(26)11(2)29-20;;/h4-7,14-15,19,29H,3,8-10H2,1-2H3,(H,28,33)(H,31,34)(H,35,36);;/q;+1;-1/t14-,15+,19?;;. The molecule has 38 heavy (non-hydrogen) atoms. The Morgan fingerprint density at radius 1 is 1.16 bits per heavy atom. The molecule has 2 aromatic heterocycles. The topological polar surface area (TPSA) is 127 Å². The molecule has 4 N–H and O–H groups in total. The first-order valence-electron chi connectivity index (χ1n) is 11.9. The monoisotopic (exact) mass is 569 g/mol. The van der Waals surface area contributed by atoms with Gasteiger partial charge in [0.1, 0.15) is 10.6 Å². The molecule has 3 atom stereocenters. The van der Waals surface area contributed by atoms with Crippen molar-refractivity contribution >= 4 is 57.5 Å². The number of carboxylic acid groups (broad SMARTS) is 1. The number of carboxylic acids is 1. The Morgan fingerprint density at radius 3 is 2.37 bits per heavy atom. The number of carbonyl (C=O) groups is 3. The van der Waals surface area contributed by atoms with Crippen LogP contribution in [0.15, 0.2) is 24.3 Å². The van der Waals surface area contributed by atoms with Gasteiger partial charge in [-0.1, -0.05) is 46.7 Å². The van der Waals surface area contributed by atoms with E-state index in [2.05, 4.69) is 25.5 Å². The van der Waals surface area contributed by atoms with Crippen molar-refractivity contribution < 1.29 is 39.8 Å². The maximum absolute atomic E-state index is 12.7. The van der Waals surface area contributed by atoms with Gasteiger partial charge in [-0.2, -0.15) is 0 Å². The van der Waals surface area contributed by atoms with Crippen LogP contribution in [0, 0.1) is 18.8 Å². The van der Waals surface area contributed by atoms with E-state index in [9.17, 15) is 19.5 Å². The summed E-state index contributed by atoms with van der Waals surface area (Å²) in [4.78, 5) is 46.4. The van der Waals surface area contributed by atoms with Gasteiger partial charge in [0, 0.05) is 55.2 Å². The van der Waals surface area contributed by atoms with E-state index < -0.39 is 5.97 Å². The van der Waals surface area contributed by atoms with E-state index in [-0.39, 0.29) is 65.6 Å². The Labute approximate surface area is 247 Å². The van der Waals surface area contributed by atoms with Crippen molar-refractivity contribution in [3.63, 3.8) is 0 Å². The van der Waals surface area contributed by atoms with Gasteiger partial charge in [0.25, 0.3) is 11.8 Å². The van der Waals surface area contributed by atoms with E-state index in [1.165, 1.54) is 11.3 Å². The molecule has 1 aliphatic carbocycles. The molecule has 2 aliphatic rings. The summed E-state index contributed by atoms with van der Waals surface area (Å²) in [5, 5.41) is 16.8. The van der Waals surface area contributed by atoms with Crippen molar-refractivity contribution in [3.05, 3.63) is 67.4 Å². The fourth-order valence-electron chi connectivity index (χ4n) is 4.84. The van der Waals surface area contributed by atoms with Crippen molar-refractivity contribution in [1.82, 2.24) is 20.6 Å². The third-order valence-electron chi connectivity index (χ3n) is 6.85. The molecule has 9 nitrogen and oxygen atoms in total. The Hall–Kier alpha value is -2.48. The summed E-state index contributed by atoms with van der Waals surface area (Å²) in [5.74, 6) is -0.917. The molecule has 3 heterocycles. The largest absolute Gasteiger partial charge is 1.00 e. The summed E-state index contributed by atoms with van der Waals surface area (Å²) in [7, 11) is 0. The van der Waals surface area contributed by atoms with Crippen LogP contribution in [0.25, 0.3) is 0 Å². The molecule has 1 aliphatic heterocycles. The second-order valence-corrected chi connectivity index (χ2v) is 11.0. The maximum Gasteiger partial charge on any atom is 1.00 e. The predicted octanol–water partition coefficient (Wildman–Crippen LogP) is 1.11. The van der Waals surface area contributed by atoms with Gasteiger partial charge in [-0.25, -0.2) is 9.78 Å². The third-order valence-corrected chi connectivity index (χ3v) is 8.94. The molecule has 0 bridgehead atoms. The number of amides is 2. The first kappa shape index (κ1) is 28.5. The number of rotatable bonds is 8. The summed E-state index contributed by atoms with van der Waals surface area (Å²) < 4.78 is 0. The van der Waals surface area contributed by atoms with Crippen LogP contribution >= 0.6 is 34.5 Å². The van der Waals surface area contributed by atoms with E-state index in [0.29, 0.717) is 53.2 Å². The number of nitrogens with zero attached hydrogens (tertiary/aromatic N) is 2. The molecule has 3 aromatic rings. The summed E-state index contributed by atoms with van der Waals surface area (Å²) in [6.07, 6.45) is 0.353. The zero-order chi connectivity index (χ0) is 26.4. The van der Waals surface area contributed by atoms with Crippen LogP contribution in [0.3, 0.4) is 0 Å². The number of aromatic amines is 1. The van der Waals surface area contributed by atoms with E-state index >= 15 is 0 Å². The Morgan fingerprint density at radius 2 is 1.82 bits per heavy atom. The first-order valence-corrected chi connectivity index (χ1v) is 13.4. The van der Waals surface area contributed by atoms with Gasteiger partial charge in [0.05, 0.1) is 15.7 Å². The van der Waals surface area contributed by atoms with Gasteiger partial charge in [-0.05, 0) is 31.5 Å². The fraction of sp³-hybridized carbons (Fsp3) is 0.360. The van der Waals surface area contributed by atoms with Gasteiger partial charge in [0.2, 0.25) is 0 Å². The van der Waals surface area contributed by atoms with Gasteiger partial charge in [-0.15, -0.1) is 0 Å². The Kier molecular flexibility index (Phi) is 8.50. The number of benzene rings is 1. The minimum Gasteiger partial charge on any atom is -1.00 e. The zero-order valence-electron chi connectivity index (χ0n) is 22.1. The number of piperidine rings is 1. The normalized spacial score (nSPS) is 19.5. The van der Waals surface area contributed by atoms with Gasteiger partial charge >= 0.3 is 24.8 Å². The number of hydrogen-bond acceptors (Lipinski definition) is 6. The van der Waals surface area contributed by atoms with Crippen LogP contribution in [0.5, 0.6) is 0 Å². The van der Waals surface area contributed by atoms with Crippen molar-refractivity contribution in [1.29, 1.82) is 0 Å². The Balaban J connectivity index is 0.00000210. The van der Waals surface area contributed by atoms with Crippen LogP contribution in [0.2, 0.25) is 10.0 Å². The smallest absolute Gasteiger partial charge is 1.00 e. The molecule has 2 amide bonds. The number of hydrogen-bond donors (Lipinski definition) is 4.